The van der Waals surface area contributed by atoms with Gasteiger partial charge in [-0.2, -0.15) is 0 Å². The van der Waals surface area contributed by atoms with Gasteiger partial charge in [0.25, 0.3) is 0 Å². The Morgan fingerprint density at radius 3 is 1.94 bits per heavy atom. The Balaban J connectivity index is 1.83. The summed E-state index contributed by atoms with van der Waals surface area (Å²) >= 11 is 0. The Hall–Kier alpha value is -4.39. The first-order valence-electron chi connectivity index (χ1n) is 9.88. The molecular weight excluding hydrogens is 408 g/mol. The first-order valence-corrected chi connectivity index (χ1v) is 9.88. The van der Waals surface area contributed by atoms with E-state index < -0.39 is 40.0 Å². The minimum Gasteiger partial charge on any atom is -0.507 e. The normalized spacial score (nSPS) is 16.8. The second kappa shape index (κ2) is 6.81. The fourth-order valence-electron chi connectivity index (χ4n) is 4.30. The zero-order valence-corrected chi connectivity index (χ0v) is 16.9. The number of carbonyl (C=O) groups is 4. The number of ketones is 4. The molecule has 156 valence electrons. The van der Waals surface area contributed by atoms with Crippen LogP contribution in [0.2, 0.25) is 0 Å². The number of aliphatic hydroxyl groups excluding tert-OH is 1. The molecular formula is C25H16N2O5. The maximum absolute atomic E-state index is 13.7. The smallest absolute Gasteiger partial charge is 0.236 e. The first kappa shape index (κ1) is 19.6. The number of carbonyl (C=O) groups excluding carboxylic acids is 4. The predicted molar refractivity (Wildman–Crippen MR) is 116 cm³/mol. The van der Waals surface area contributed by atoms with E-state index in [1.54, 1.807) is 43.3 Å². The highest BCUT2D eigenvalue weighted by Crippen LogP contribution is 2.43. The SMILES string of the molecule is Cc1ccnc(NC2(C3=C(O)c4ccccc4C(=O)C3=O)C(=O)c3ccccc3C2=O)c1. The Kier molecular flexibility index (Phi) is 4.17. The number of anilines is 1. The molecule has 0 spiro atoms. The van der Waals surface area contributed by atoms with Crippen molar-refractivity contribution in [3.05, 3.63) is 100 Å². The average Bonchev–Trinajstić information content (AvgIpc) is 3.00. The van der Waals surface area contributed by atoms with Gasteiger partial charge in [0.2, 0.25) is 23.1 Å². The summed E-state index contributed by atoms with van der Waals surface area (Å²) in [6.45, 7) is 1.80. The highest BCUT2D eigenvalue weighted by molar-refractivity contribution is 6.56. The summed E-state index contributed by atoms with van der Waals surface area (Å²) in [5, 5.41) is 13.9. The van der Waals surface area contributed by atoms with Crippen molar-refractivity contribution in [3.63, 3.8) is 0 Å². The largest absolute Gasteiger partial charge is 0.507 e. The molecule has 7 nitrogen and oxygen atoms in total. The summed E-state index contributed by atoms with van der Waals surface area (Å²) in [5.41, 5.74) is -1.83. The Labute approximate surface area is 182 Å². The minimum atomic E-state index is -2.32. The standard InChI is InChI=1S/C25H16N2O5/c1-13-10-11-26-18(12-13)27-25(23(31)16-8-4-5-9-17(16)24(25)32)19-20(28)14-6-2-3-7-15(14)21(29)22(19)30/h2-12,28H,1H3,(H,26,27). The number of nitrogens with one attached hydrogen (secondary N) is 1. The van der Waals surface area contributed by atoms with Crippen LogP contribution < -0.4 is 5.32 Å². The lowest BCUT2D eigenvalue weighted by molar-refractivity contribution is -0.112. The molecule has 0 bridgehead atoms. The van der Waals surface area contributed by atoms with E-state index >= 15 is 0 Å². The molecule has 1 heterocycles. The van der Waals surface area contributed by atoms with Gasteiger partial charge in [-0.25, -0.2) is 4.98 Å². The number of nitrogens with zero attached hydrogens (tertiary/aromatic N) is 1. The third kappa shape index (κ3) is 2.51. The molecule has 5 rings (SSSR count). The third-order valence-corrected chi connectivity index (χ3v) is 5.80. The van der Waals surface area contributed by atoms with Crippen LogP contribution in [-0.2, 0) is 4.79 Å². The van der Waals surface area contributed by atoms with E-state index in [0.717, 1.165) is 5.56 Å². The molecule has 0 saturated carbocycles. The van der Waals surface area contributed by atoms with Crippen molar-refractivity contribution in [2.45, 2.75) is 12.5 Å². The van der Waals surface area contributed by atoms with Crippen LogP contribution in [0.15, 0.2) is 72.4 Å². The summed E-state index contributed by atoms with van der Waals surface area (Å²) in [7, 11) is 0. The molecule has 0 radical (unpaired) electrons. The van der Waals surface area contributed by atoms with Crippen LogP contribution in [0, 0.1) is 6.92 Å². The summed E-state index contributed by atoms with van der Waals surface area (Å²) in [6, 6.07) is 15.5. The molecule has 0 amide bonds. The monoisotopic (exact) mass is 424 g/mol. The van der Waals surface area contributed by atoms with Gasteiger partial charge in [0.05, 0.1) is 5.57 Å². The Bertz CT molecular complexity index is 1370. The lowest BCUT2D eigenvalue weighted by Crippen LogP contribution is -2.55. The van der Waals surface area contributed by atoms with Gasteiger partial charge < -0.3 is 10.4 Å². The zero-order chi connectivity index (χ0) is 22.6. The first-order chi connectivity index (χ1) is 15.4. The fourth-order valence-corrected chi connectivity index (χ4v) is 4.30. The molecule has 32 heavy (non-hydrogen) atoms. The van der Waals surface area contributed by atoms with Crippen LogP contribution in [-0.4, -0.2) is 38.8 Å². The van der Waals surface area contributed by atoms with Gasteiger partial charge in [0.1, 0.15) is 11.6 Å². The third-order valence-electron chi connectivity index (χ3n) is 5.80. The number of Topliss-reactive ketones (excluding diaryl/α,β-unsaturated/α-hetero) is 4. The molecule has 2 aromatic carbocycles. The second-order valence-corrected chi connectivity index (χ2v) is 7.72. The van der Waals surface area contributed by atoms with Gasteiger partial charge in [0, 0.05) is 28.5 Å². The van der Waals surface area contributed by atoms with Crippen molar-refractivity contribution < 1.29 is 24.3 Å². The molecule has 0 fully saturated rings. The number of aliphatic hydroxyl groups is 1. The van der Waals surface area contributed by atoms with Crippen molar-refractivity contribution in [2.24, 2.45) is 0 Å². The number of hydrogen-bond acceptors (Lipinski definition) is 7. The molecule has 2 aliphatic carbocycles. The molecule has 0 atom stereocenters. The molecule has 0 aliphatic heterocycles. The van der Waals surface area contributed by atoms with Gasteiger partial charge in [-0.05, 0) is 24.6 Å². The van der Waals surface area contributed by atoms with Gasteiger partial charge >= 0.3 is 0 Å². The van der Waals surface area contributed by atoms with Crippen LogP contribution >= 0.6 is 0 Å². The number of aryl methyl sites for hydroxylation is 1. The summed E-state index contributed by atoms with van der Waals surface area (Å²) in [6.07, 6.45) is 1.49. The van der Waals surface area contributed by atoms with Crippen molar-refractivity contribution in [3.8, 4) is 0 Å². The predicted octanol–water partition coefficient (Wildman–Crippen LogP) is 3.35. The molecule has 2 aliphatic rings. The highest BCUT2D eigenvalue weighted by atomic mass is 16.3. The molecule has 1 aromatic heterocycles. The van der Waals surface area contributed by atoms with Crippen molar-refractivity contribution in [1.29, 1.82) is 0 Å². The topological polar surface area (TPSA) is 113 Å². The number of fused-ring (bicyclic) bond motifs is 2. The van der Waals surface area contributed by atoms with Crippen molar-refractivity contribution >= 4 is 34.7 Å². The number of aromatic nitrogens is 1. The summed E-state index contributed by atoms with van der Waals surface area (Å²) < 4.78 is 0. The van der Waals surface area contributed by atoms with Crippen LogP contribution in [0.1, 0.15) is 42.2 Å². The number of benzene rings is 2. The number of pyridine rings is 1. The molecule has 0 saturated heterocycles. The van der Waals surface area contributed by atoms with Gasteiger partial charge in [-0.1, -0.05) is 48.5 Å². The average molecular weight is 424 g/mol. The quantitative estimate of drug-likeness (QED) is 0.490. The molecule has 0 unspecified atom stereocenters. The second-order valence-electron chi connectivity index (χ2n) is 7.72. The van der Waals surface area contributed by atoms with Crippen LogP contribution in [0.3, 0.4) is 0 Å². The Morgan fingerprint density at radius 1 is 0.781 bits per heavy atom. The summed E-state index contributed by atoms with van der Waals surface area (Å²) in [4.78, 5) is 57.7. The highest BCUT2D eigenvalue weighted by Gasteiger charge is 2.60. The van der Waals surface area contributed by atoms with E-state index in [9.17, 15) is 24.3 Å². The summed E-state index contributed by atoms with van der Waals surface area (Å²) in [5.74, 6) is -3.91. The van der Waals surface area contributed by atoms with Crippen molar-refractivity contribution in [1.82, 2.24) is 4.98 Å². The molecule has 7 heteroatoms. The van der Waals surface area contributed by atoms with Crippen LogP contribution in [0.25, 0.3) is 5.76 Å². The van der Waals surface area contributed by atoms with E-state index in [2.05, 4.69) is 10.3 Å². The fraction of sp³-hybridized carbons (Fsp3) is 0.0800. The Morgan fingerprint density at radius 2 is 1.34 bits per heavy atom. The molecule has 3 aromatic rings. The van der Waals surface area contributed by atoms with Gasteiger partial charge in [0.15, 0.2) is 5.54 Å². The van der Waals surface area contributed by atoms with Crippen LogP contribution in [0.5, 0.6) is 0 Å². The van der Waals surface area contributed by atoms with E-state index in [1.807, 2.05) is 0 Å². The molecule has 2 N–H and O–H groups in total. The van der Waals surface area contributed by atoms with E-state index in [1.165, 1.54) is 30.5 Å². The lowest BCUT2D eigenvalue weighted by Gasteiger charge is -2.32. The van der Waals surface area contributed by atoms with Gasteiger partial charge in [-0.3, -0.25) is 19.2 Å². The van der Waals surface area contributed by atoms with Crippen LogP contribution in [0.4, 0.5) is 5.82 Å². The maximum atomic E-state index is 13.7. The minimum absolute atomic E-state index is 0.0120. The number of rotatable bonds is 3. The van der Waals surface area contributed by atoms with E-state index in [-0.39, 0.29) is 28.1 Å². The number of hydrogen-bond donors (Lipinski definition) is 2. The zero-order valence-electron chi connectivity index (χ0n) is 16.9. The van der Waals surface area contributed by atoms with E-state index in [0.29, 0.717) is 0 Å². The maximum Gasteiger partial charge on any atom is 0.236 e. The lowest BCUT2D eigenvalue weighted by atomic mass is 9.75. The van der Waals surface area contributed by atoms with E-state index in [4.69, 9.17) is 0 Å². The van der Waals surface area contributed by atoms with Crippen molar-refractivity contribution in [2.75, 3.05) is 5.32 Å². The van der Waals surface area contributed by atoms with Gasteiger partial charge in [-0.15, -0.1) is 0 Å².